The van der Waals surface area contributed by atoms with Gasteiger partial charge in [-0.2, -0.15) is 0 Å². The van der Waals surface area contributed by atoms with Crippen LogP contribution in [-0.4, -0.2) is 23.9 Å². The van der Waals surface area contributed by atoms with Crippen LogP contribution in [0.4, 0.5) is 0 Å². The maximum absolute atomic E-state index is 9.13. The van der Waals surface area contributed by atoms with Gasteiger partial charge < -0.3 is 15.2 Å². The maximum atomic E-state index is 9.13. The highest BCUT2D eigenvalue weighted by Gasteiger charge is 2.16. The van der Waals surface area contributed by atoms with Crippen molar-refractivity contribution >= 4 is 0 Å². The smallest absolute Gasteiger partial charge is 0.119 e. The minimum atomic E-state index is 0.200. The average Bonchev–Trinajstić information content (AvgIpc) is 2.38. The Bertz CT molecular complexity index is 373. The number of hydrogen-bond donors (Lipinski definition) is 2. The summed E-state index contributed by atoms with van der Waals surface area (Å²) in [5.74, 6) is 1.42. The Balaban J connectivity index is 2.64. The predicted molar refractivity (Wildman–Crippen MR) is 84.1 cm³/mol. The molecule has 0 aromatic heterocycles. The summed E-state index contributed by atoms with van der Waals surface area (Å²) in [5, 5.41) is 12.7. The van der Waals surface area contributed by atoms with Crippen molar-refractivity contribution in [1.82, 2.24) is 5.32 Å². The Kier molecular flexibility index (Phi) is 7.03. The summed E-state index contributed by atoms with van der Waals surface area (Å²) in [7, 11) is 0. The molecule has 2 unspecified atom stereocenters. The highest BCUT2D eigenvalue weighted by molar-refractivity contribution is 5.29. The first-order chi connectivity index (χ1) is 9.43. The quantitative estimate of drug-likeness (QED) is 0.765. The first-order valence-corrected chi connectivity index (χ1v) is 7.57. The van der Waals surface area contributed by atoms with E-state index in [4.69, 9.17) is 9.84 Å². The Labute approximate surface area is 123 Å². The second kappa shape index (κ2) is 8.28. The standard InChI is InChI=1S/C17H29NO2/c1-12(2)17(10-11-19)18-14(5)15-6-8-16(9-7-15)20-13(3)4/h6-9,12-14,17-19H,10-11H2,1-5H3. The van der Waals surface area contributed by atoms with Crippen LogP contribution in [-0.2, 0) is 0 Å². The molecule has 0 heterocycles. The van der Waals surface area contributed by atoms with Crippen molar-refractivity contribution < 1.29 is 9.84 Å². The van der Waals surface area contributed by atoms with Gasteiger partial charge >= 0.3 is 0 Å². The molecule has 3 nitrogen and oxygen atoms in total. The molecule has 0 saturated heterocycles. The van der Waals surface area contributed by atoms with E-state index in [2.05, 4.69) is 38.2 Å². The summed E-state index contributed by atoms with van der Waals surface area (Å²) in [6.45, 7) is 10.8. The molecule has 0 fully saturated rings. The van der Waals surface area contributed by atoms with E-state index < -0.39 is 0 Å². The fourth-order valence-corrected chi connectivity index (χ4v) is 2.27. The largest absolute Gasteiger partial charge is 0.491 e. The molecule has 0 saturated carbocycles. The Morgan fingerprint density at radius 2 is 1.65 bits per heavy atom. The normalized spacial score (nSPS) is 14.6. The number of rotatable bonds is 8. The lowest BCUT2D eigenvalue weighted by molar-refractivity contribution is 0.236. The van der Waals surface area contributed by atoms with Gasteiger partial charge in [0.05, 0.1) is 6.10 Å². The number of aliphatic hydroxyl groups excluding tert-OH is 1. The van der Waals surface area contributed by atoms with E-state index in [-0.39, 0.29) is 18.8 Å². The number of benzene rings is 1. The van der Waals surface area contributed by atoms with Gasteiger partial charge in [-0.05, 0) is 50.8 Å². The molecule has 0 amide bonds. The van der Waals surface area contributed by atoms with Gasteiger partial charge in [-0.3, -0.25) is 0 Å². The minimum absolute atomic E-state index is 0.200. The lowest BCUT2D eigenvalue weighted by Crippen LogP contribution is -2.36. The van der Waals surface area contributed by atoms with Crippen molar-refractivity contribution in [3.8, 4) is 5.75 Å². The van der Waals surface area contributed by atoms with Gasteiger partial charge in [-0.1, -0.05) is 26.0 Å². The van der Waals surface area contributed by atoms with Crippen molar-refractivity contribution in [2.75, 3.05) is 6.61 Å². The fraction of sp³-hybridized carbons (Fsp3) is 0.647. The van der Waals surface area contributed by atoms with Crippen LogP contribution in [0.1, 0.15) is 52.6 Å². The first-order valence-electron chi connectivity index (χ1n) is 7.57. The molecule has 2 atom stereocenters. The molecule has 1 aromatic carbocycles. The van der Waals surface area contributed by atoms with E-state index in [0.29, 0.717) is 12.0 Å². The molecule has 3 heteroatoms. The highest BCUT2D eigenvalue weighted by Crippen LogP contribution is 2.20. The van der Waals surface area contributed by atoms with Gasteiger partial charge in [0.15, 0.2) is 0 Å². The average molecular weight is 279 g/mol. The third-order valence-corrected chi connectivity index (χ3v) is 3.46. The number of ether oxygens (including phenoxy) is 1. The lowest BCUT2D eigenvalue weighted by atomic mass is 9.98. The summed E-state index contributed by atoms with van der Waals surface area (Å²) in [6.07, 6.45) is 0.988. The van der Waals surface area contributed by atoms with Crippen LogP contribution in [0, 0.1) is 5.92 Å². The van der Waals surface area contributed by atoms with E-state index in [1.54, 1.807) is 0 Å². The zero-order valence-corrected chi connectivity index (χ0v) is 13.4. The fourth-order valence-electron chi connectivity index (χ4n) is 2.27. The van der Waals surface area contributed by atoms with Crippen molar-refractivity contribution in [1.29, 1.82) is 0 Å². The van der Waals surface area contributed by atoms with Crippen molar-refractivity contribution in [3.05, 3.63) is 29.8 Å². The number of hydrogen-bond acceptors (Lipinski definition) is 3. The Hall–Kier alpha value is -1.06. The summed E-state index contributed by atoms with van der Waals surface area (Å²) < 4.78 is 5.65. The van der Waals surface area contributed by atoms with E-state index in [9.17, 15) is 0 Å². The minimum Gasteiger partial charge on any atom is -0.491 e. The van der Waals surface area contributed by atoms with Crippen LogP contribution in [0.25, 0.3) is 0 Å². The molecule has 2 N–H and O–H groups in total. The molecular weight excluding hydrogens is 250 g/mol. The van der Waals surface area contributed by atoms with Crippen molar-refractivity contribution in [2.45, 2.75) is 59.2 Å². The van der Waals surface area contributed by atoms with E-state index in [0.717, 1.165) is 12.2 Å². The zero-order valence-electron chi connectivity index (χ0n) is 13.4. The summed E-state index contributed by atoms with van der Waals surface area (Å²) in [6, 6.07) is 8.84. The SMILES string of the molecule is CC(C)Oc1ccc(C(C)NC(CCO)C(C)C)cc1. The third-order valence-electron chi connectivity index (χ3n) is 3.46. The predicted octanol–water partition coefficient (Wildman–Crippen LogP) is 3.53. The van der Waals surface area contributed by atoms with Crippen LogP contribution in [0.3, 0.4) is 0 Å². The zero-order chi connectivity index (χ0) is 15.1. The van der Waals surface area contributed by atoms with Gasteiger partial charge in [0.25, 0.3) is 0 Å². The molecule has 0 radical (unpaired) electrons. The molecule has 1 rings (SSSR count). The monoisotopic (exact) mass is 279 g/mol. The van der Waals surface area contributed by atoms with Gasteiger partial charge in [0.1, 0.15) is 5.75 Å². The van der Waals surface area contributed by atoms with Crippen LogP contribution < -0.4 is 10.1 Å². The van der Waals surface area contributed by atoms with Gasteiger partial charge in [0, 0.05) is 18.7 Å². The molecule has 0 spiro atoms. The summed E-state index contributed by atoms with van der Waals surface area (Å²) >= 11 is 0. The van der Waals surface area contributed by atoms with Gasteiger partial charge in [-0.15, -0.1) is 0 Å². The number of nitrogens with one attached hydrogen (secondary N) is 1. The van der Waals surface area contributed by atoms with Crippen molar-refractivity contribution in [3.63, 3.8) is 0 Å². The van der Waals surface area contributed by atoms with E-state index >= 15 is 0 Å². The first kappa shape index (κ1) is 17.0. The van der Waals surface area contributed by atoms with Gasteiger partial charge in [-0.25, -0.2) is 0 Å². The molecule has 114 valence electrons. The molecule has 1 aromatic rings. The van der Waals surface area contributed by atoms with Crippen molar-refractivity contribution in [2.24, 2.45) is 5.92 Å². The van der Waals surface area contributed by atoms with Crippen LogP contribution >= 0.6 is 0 Å². The summed E-state index contributed by atoms with van der Waals surface area (Å²) in [4.78, 5) is 0. The molecular formula is C17H29NO2. The topological polar surface area (TPSA) is 41.5 Å². The molecule has 20 heavy (non-hydrogen) atoms. The molecule has 0 aliphatic heterocycles. The number of aliphatic hydroxyl groups is 1. The van der Waals surface area contributed by atoms with Crippen LogP contribution in [0.15, 0.2) is 24.3 Å². The van der Waals surface area contributed by atoms with E-state index in [1.807, 2.05) is 26.0 Å². The second-order valence-corrected chi connectivity index (χ2v) is 5.99. The maximum Gasteiger partial charge on any atom is 0.119 e. The van der Waals surface area contributed by atoms with E-state index in [1.165, 1.54) is 5.56 Å². The molecule has 0 bridgehead atoms. The molecule has 0 aliphatic carbocycles. The summed E-state index contributed by atoms with van der Waals surface area (Å²) in [5.41, 5.74) is 1.24. The van der Waals surface area contributed by atoms with Gasteiger partial charge in [0.2, 0.25) is 0 Å². The highest BCUT2D eigenvalue weighted by atomic mass is 16.5. The molecule has 0 aliphatic rings. The third kappa shape index (κ3) is 5.51. The van der Waals surface area contributed by atoms with Crippen LogP contribution in [0.2, 0.25) is 0 Å². The lowest BCUT2D eigenvalue weighted by Gasteiger charge is -2.26. The Morgan fingerprint density at radius 3 is 2.10 bits per heavy atom. The Morgan fingerprint density at radius 1 is 1.05 bits per heavy atom. The van der Waals surface area contributed by atoms with Crippen LogP contribution in [0.5, 0.6) is 5.75 Å². The second-order valence-electron chi connectivity index (χ2n) is 5.99.